The molecule has 0 unspecified atom stereocenters. The van der Waals surface area contributed by atoms with Crippen LogP contribution in [0.4, 0.5) is 0 Å². The summed E-state index contributed by atoms with van der Waals surface area (Å²) >= 11 is 0. The van der Waals surface area contributed by atoms with Crippen molar-refractivity contribution in [2.24, 2.45) is 89.3 Å². The molecule has 0 bridgehead atoms. The highest BCUT2D eigenvalue weighted by Gasteiger charge is 2.36. The molecule has 0 fully saturated rings. The first-order valence-corrected chi connectivity index (χ1v) is 30.8. The number of phenols is 1. The maximum atomic E-state index is 14.8. The molecule has 2 aromatic rings. The molecule has 2 aromatic carbocycles. The maximum absolute atomic E-state index is 14.8. The molecule has 0 aliphatic carbocycles. The van der Waals surface area contributed by atoms with Crippen molar-refractivity contribution in [2.75, 3.05) is 32.7 Å². The van der Waals surface area contributed by atoms with Gasteiger partial charge in [0.25, 0.3) is 0 Å². The molecule has 0 radical (unpaired) electrons. The van der Waals surface area contributed by atoms with E-state index in [9.17, 15) is 53.1 Å². The van der Waals surface area contributed by atoms with Crippen molar-refractivity contribution in [3.05, 3.63) is 65.7 Å². The molecule has 0 aromatic heterocycles. The van der Waals surface area contributed by atoms with E-state index < -0.39 is 126 Å². The van der Waals surface area contributed by atoms with Crippen LogP contribution in [0.5, 0.6) is 5.75 Å². The van der Waals surface area contributed by atoms with Gasteiger partial charge in [0.1, 0.15) is 54.3 Å². The van der Waals surface area contributed by atoms with Gasteiger partial charge in [-0.1, -0.05) is 84.0 Å². The van der Waals surface area contributed by atoms with Gasteiger partial charge in [-0.2, -0.15) is 0 Å². The third kappa shape index (κ3) is 32.7. The lowest BCUT2D eigenvalue weighted by Crippen LogP contribution is -2.61. The van der Waals surface area contributed by atoms with E-state index in [1.54, 1.807) is 70.2 Å². The van der Waals surface area contributed by atoms with Crippen LogP contribution in [-0.4, -0.2) is 175 Å². The second kappa shape index (κ2) is 42.3. The van der Waals surface area contributed by atoms with Crippen molar-refractivity contribution in [1.82, 2.24) is 47.9 Å². The van der Waals surface area contributed by atoms with Gasteiger partial charge in [-0.15, -0.1) is 0 Å². The average molecular weight is 1310 g/mol. The van der Waals surface area contributed by atoms with Crippen molar-refractivity contribution < 1.29 is 53.1 Å². The molecule has 0 spiro atoms. The Kier molecular flexibility index (Phi) is 36.0. The summed E-state index contributed by atoms with van der Waals surface area (Å²) in [5.41, 5.74) is 51.6. The number of amides is 9. The van der Waals surface area contributed by atoms with E-state index in [1.165, 1.54) is 12.1 Å². The van der Waals surface area contributed by atoms with Gasteiger partial charge < -0.3 is 109 Å². The van der Waals surface area contributed by atoms with Crippen LogP contribution in [0.15, 0.2) is 74.6 Å². The minimum Gasteiger partial charge on any atom is -0.508 e. The molecule has 0 aliphatic rings. The summed E-state index contributed by atoms with van der Waals surface area (Å²) < 4.78 is 0. The number of aldehydes is 1. The van der Waals surface area contributed by atoms with E-state index in [1.807, 2.05) is 13.8 Å². The third-order valence-electron chi connectivity index (χ3n) is 14.1. The molecule has 0 saturated heterocycles. The Morgan fingerprint density at radius 2 is 0.796 bits per heavy atom. The van der Waals surface area contributed by atoms with E-state index in [0.29, 0.717) is 30.3 Å². The number of nitrogens with two attached hydrogens (primary N) is 9. The van der Waals surface area contributed by atoms with Crippen LogP contribution in [0.3, 0.4) is 0 Å². The van der Waals surface area contributed by atoms with E-state index in [4.69, 9.17) is 51.6 Å². The topological polar surface area (TPSA) is 583 Å². The van der Waals surface area contributed by atoms with Gasteiger partial charge >= 0.3 is 0 Å². The number of hydrogen-bond donors (Lipinski definition) is 19. The van der Waals surface area contributed by atoms with E-state index >= 15 is 0 Å². The molecule has 33 nitrogen and oxygen atoms in total. The summed E-state index contributed by atoms with van der Waals surface area (Å²) in [6, 6.07) is 2.99. The zero-order chi connectivity index (χ0) is 69.7. The van der Waals surface area contributed by atoms with Crippen molar-refractivity contribution >= 4 is 83.3 Å². The largest absolute Gasteiger partial charge is 0.508 e. The number of aromatic hydroxyl groups is 1. The highest BCUT2D eigenvalue weighted by atomic mass is 16.3. The van der Waals surface area contributed by atoms with Crippen LogP contribution >= 0.6 is 0 Å². The molecule has 9 atom stereocenters. The molecule has 93 heavy (non-hydrogen) atoms. The Balaban J connectivity index is 2.58. The van der Waals surface area contributed by atoms with E-state index in [2.05, 4.69) is 67.8 Å². The van der Waals surface area contributed by atoms with Crippen molar-refractivity contribution in [1.29, 1.82) is 0 Å². The van der Waals surface area contributed by atoms with Crippen molar-refractivity contribution in [3.63, 3.8) is 0 Å². The van der Waals surface area contributed by atoms with Crippen LogP contribution in [0.1, 0.15) is 110 Å². The van der Waals surface area contributed by atoms with Gasteiger partial charge in [-0.25, -0.2) is 0 Å². The van der Waals surface area contributed by atoms with Gasteiger partial charge in [0.05, 0.1) is 18.6 Å². The molecule has 9 amide bonds. The summed E-state index contributed by atoms with van der Waals surface area (Å²) in [7, 11) is 0. The number of nitrogens with zero attached hydrogens (tertiary/aromatic N) is 4. The Morgan fingerprint density at radius 1 is 0.441 bits per heavy atom. The fourth-order valence-electron chi connectivity index (χ4n) is 9.23. The Bertz CT molecular complexity index is 2860. The number of rotatable bonds is 43. The standard InChI is InChI=1S/C60H100N22O11/c1-33(2)28-40(61)49(86)79-44(30-37-20-22-39(84)23-21-37)53(90)78-42(18-12-26-72-59(66)67)51(88)76-41(17-11-25-71-58(64)65)50(87)77-43(19-13-27-73-60(68)69)52(89)80-45(29-36-14-8-7-9-15-36)54(91)81-48(35(5)6)56(93)82-47(34(3)4)55(92)74-31-46(85)75-38(32-83)16-10-24-70-57(62)63/h7-9,14-15,20-23,32-35,38,40-45,47-48,84H,10-13,16-19,24-31,61H2,1-6H3,(H,74,92)(H,75,85)(H,76,88)(H,77,87)(H,78,90)(H,79,86)(H,80,89)(H,81,91)(H,82,93)(H4,62,63,70)(H4,64,65,71)(H4,66,67,72)(H4,68,69,73)/t38-,40-,41-,42-,43-,44-,45-,47-,48-/m0/s1. The van der Waals surface area contributed by atoms with Gasteiger partial charge in [0, 0.05) is 39.0 Å². The normalized spacial score (nSPS) is 13.9. The lowest BCUT2D eigenvalue weighted by Gasteiger charge is -2.29. The number of nitrogens with one attached hydrogen (secondary N) is 9. The van der Waals surface area contributed by atoms with Crippen LogP contribution in [0.2, 0.25) is 0 Å². The quantitative estimate of drug-likeness (QED) is 0.0128. The van der Waals surface area contributed by atoms with Gasteiger partial charge in [0.2, 0.25) is 53.2 Å². The molecule has 2 rings (SSSR count). The molecule has 28 N–H and O–H groups in total. The lowest BCUT2D eigenvalue weighted by molar-refractivity contribution is -0.136. The third-order valence-corrected chi connectivity index (χ3v) is 14.1. The van der Waals surface area contributed by atoms with Gasteiger partial charge in [-0.3, -0.25) is 63.1 Å². The second-order valence-corrected chi connectivity index (χ2v) is 23.4. The number of benzene rings is 2. The minimum atomic E-state index is -1.46. The van der Waals surface area contributed by atoms with Crippen LogP contribution in [-0.2, 0) is 60.8 Å². The van der Waals surface area contributed by atoms with E-state index in [0.717, 1.165) is 0 Å². The predicted octanol–water partition coefficient (Wildman–Crippen LogP) is -4.73. The minimum absolute atomic E-state index is 0.00866. The average Bonchev–Trinajstić information content (AvgIpc) is 0.993. The Morgan fingerprint density at radius 3 is 1.19 bits per heavy atom. The molecule has 0 saturated carbocycles. The molecule has 0 heterocycles. The first-order chi connectivity index (χ1) is 43.9. The van der Waals surface area contributed by atoms with Crippen molar-refractivity contribution in [2.45, 2.75) is 167 Å². The van der Waals surface area contributed by atoms with Gasteiger partial charge in [0.15, 0.2) is 23.8 Å². The predicted molar refractivity (Wildman–Crippen MR) is 353 cm³/mol. The molecular formula is C60H100N22O11. The second-order valence-electron chi connectivity index (χ2n) is 23.4. The fourth-order valence-corrected chi connectivity index (χ4v) is 9.23. The number of phenolic OH excluding ortho intramolecular Hbond substituents is 1. The first kappa shape index (κ1) is 79.3. The first-order valence-electron chi connectivity index (χ1n) is 30.8. The Hall–Kier alpha value is -9.82. The smallest absolute Gasteiger partial charge is 0.243 e. The summed E-state index contributed by atoms with van der Waals surface area (Å²) in [6.07, 6.45) is 1.11. The molecule has 0 aliphatic heterocycles. The molecule has 516 valence electrons. The van der Waals surface area contributed by atoms with Crippen molar-refractivity contribution in [3.8, 4) is 5.75 Å². The SMILES string of the molecule is CC(C)C[C@H](N)C(=O)N[C@@H](Cc1ccc(O)cc1)C(=O)N[C@@H](CCCN=C(N)N)C(=O)N[C@@H](CCCN=C(N)N)C(=O)N[C@@H](CCCN=C(N)N)C(=O)N[C@@H](Cc1ccccc1)C(=O)N[C@H](C(=O)N[C@H](C(=O)NCC(=O)N[C@H](C=O)CCCN=C(N)N)C(C)C)C(C)C. The zero-order valence-electron chi connectivity index (χ0n) is 54.0. The van der Waals surface area contributed by atoms with E-state index in [-0.39, 0.29) is 119 Å². The van der Waals surface area contributed by atoms with Gasteiger partial charge in [-0.05, 0) is 98.8 Å². The van der Waals surface area contributed by atoms with Crippen LogP contribution in [0.25, 0.3) is 0 Å². The van der Waals surface area contributed by atoms with Crippen LogP contribution in [0, 0.1) is 17.8 Å². The maximum Gasteiger partial charge on any atom is 0.243 e. The summed E-state index contributed by atoms with van der Waals surface area (Å²) in [5, 5.41) is 33.9. The lowest BCUT2D eigenvalue weighted by atomic mass is 9.98. The Labute approximate surface area is 542 Å². The highest BCUT2D eigenvalue weighted by molar-refractivity contribution is 5.98. The molecule has 33 heteroatoms. The summed E-state index contributed by atoms with van der Waals surface area (Å²) in [6.45, 7) is 10.0. The zero-order valence-corrected chi connectivity index (χ0v) is 54.0. The summed E-state index contributed by atoms with van der Waals surface area (Å²) in [5.74, 6) is -9.18. The number of carbonyl (C=O) groups excluding carboxylic acids is 10. The number of carbonyl (C=O) groups is 10. The highest BCUT2D eigenvalue weighted by Crippen LogP contribution is 2.15. The monoisotopic (exact) mass is 1300 g/mol. The number of aliphatic imine (C=N–C) groups is 4. The summed E-state index contributed by atoms with van der Waals surface area (Å²) in [4.78, 5) is 155. The number of guanidine groups is 4. The number of hydrogen-bond acceptors (Lipinski definition) is 16. The van der Waals surface area contributed by atoms with Crippen LogP contribution < -0.4 is 99.5 Å². The molecular weight excluding hydrogens is 1200 g/mol. The fraction of sp³-hybridized carbons (Fsp3) is 0.567.